The normalized spacial score (nSPS) is 20.8. The van der Waals surface area contributed by atoms with E-state index in [2.05, 4.69) is 28.2 Å². The molecule has 0 saturated carbocycles. The Morgan fingerprint density at radius 2 is 2.07 bits per heavy atom. The van der Waals surface area contributed by atoms with Crippen LogP contribution >= 0.6 is 0 Å². The Morgan fingerprint density at radius 3 is 2.63 bits per heavy atom. The second kappa shape index (κ2) is 7.84. The zero-order chi connectivity index (χ0) is 19.7. The summed E-state index contributed by atoms with van der Waals surface area (Å²) in [5, 5.41) is 8.78. The average Bonchev–Trinajstić information content (AvgIpc) is 3.17. The molecule has 3 rings (SSSR count). The van der Waals surface area contributed by atoms with Crippen molar-refractivity contribution in [3.8, 4) is 0 Å². The van der Waals surface area contributed by atoms with Crippen molar-refractivity contribution in [3.63, 3.8) is 0 Å². The number of hydrogen-bond acceptors (Lipinski definition) is 4. The minimum Gasteiger partial charge on any atom is -0.341 e. The minimum atomic E-state index is 0.0664. The third kappa shape index (κ3) is 3.78. The fraction of sp³-hybridized carbons (Fsp3) is 0.650. The number of carbonyl (C=O) groups is 1. The van der Waals surface area contributed by atoms with Crippen LogP contribution in [0.15, 0.2) is 12.4 Å². The van der Waals surface area contributed by atoms with Crippen LogP contribution < -0.4 is 0 Å². The number of amides is 1. The van der Waals surface area contributed by atoms with Crippen molar-refractivity contribution in [2.45, 2.75) is 39.7 Å². The summed E-state index contributed by atoms with van der Waals surface area (Å²) in [5.41, 5.74) is 3.71. The van der Waals surface area contributed by atoms with Gasteiger partial charge in [0.25, 0.3) is 5.91 Å². The fourth-order valence-corrected chi connectivity index (χ4v) is 4.48. The van der Waals surface area contributed by atoms with Crippen molar-refractivity contribution < 1.29 is 4.79 Å². The lowest BCUT2D eigenvalue weighted by atomic mass is 9.85. The standard InChI is InChI=1S/C20H32N6O/c1-7-26-10-8-9-16(19(26)17-11-21-24(5)13-17)12-23(4)20(27)18-14(2)22-25(6)15(18)3/h11,13,16,19H,7-10,12H2,1-6H3/t16-,19+/m0/s1. The third-order valence-electron chi connectivity index (χ3n) is 5.91. The Labute approximate surface area is 161 Å². The van der Waals surface area contributed by atoms with Gasteiger partial charge in [-0.25, -0.2) is 0 Å². The van der Waals surface area contributed by atoms with Crippen molar-refractivity contribution in [2.75, 3.05) is 26.7 Å². The van der Waals surface area contributed by atoms with E-state index < -0.39 is 0 Å². The smallest absolute Gasteiger partial charge is 0.257 e. The molecule has 7 heteroatoms. The van der Waals surface area contributed by atoms with E-state index in [0.717, 1.165) is 43.0 Å². The minimum absolute atomic E-state index is 0.0664. The Hall–Kier alpha value is -2.15. The molecule has 2 atom stereocenters. The van der Waals surface area contributed by atoms with E-state index in [1.807, 2.05) is 50.8 Å². The lowest BCUT2D eigenvalue weighted by Crippen LogP contribution is -2.44. The number of likely N-dealkylation sites (tertiary alicyclic amines) is 1. The monoisotopic (exact) mass is 372 g/mol. The second-order valence-corrected chi connectivity index (χ2v) is 7.78. The number of rotatable bonds is 5. The first kappa shape index (κ1) is 19.6. The summed E-state index contributed by atoms with van der Waals surface area (Å²) in [7, 11) is 5.76. The van der Waals surface area contributed by atoms with Crippen molar-refractivity contribution in [3.05, 3.63) is 34.9 Å². The zero-order valence-electron chi connectivity index (χ0n) is 17.4. The van der Waals surface area contributed by atoms with Crippen molar-refractivity contribution in [1.29, 1.82) is 0 Å². The van der Waals surface area contributed by atoms with E-state index in [-0.39, 0.29) is 5.91 Å². The molecule has 2 aromatic heterocycles. The Bertz CT molecular complexity index is 807. The average molecular weight is 373 g/mol. The summed E-state index contributed by atoms with van der Waals surface area (Å²) in [6, 6.07) is 0.309. The van der Waals surface area contributed by atoms with Gasteiger partial charge in [0.05, 0.1) is 17.5 Å². The van der Waals surface area contributed by atoms with Crippen LogP contribution in [0.4, 0.5) is 0 Å². The number of nitrogens with zero attached hydrogens (tertiary/aromatic N) is 6. The van der Waals surface area contributed by atoms with E-state index >= 15 is 0 Å². The van der Waals surface area contributed by atoms with E-state index in [0.29, 0.717) is 12.0 Å². The molecule has 2 aromatic rings. The molecule has 148 valence electrons. The Balaban J connectivity index is 1.82. The van der Waals surface area contributed by atoms with Gasteiger partial charge in [0, 0.05) is 51.2 Å². The molecule has 0 unspecified atom stereocenters. The molecular weight excluding hydrogens is 340 g/mol. The quantitative estimate of drug-likeness (QED) is 0.808. The maximum Gasteiger partial charge on any atom is 0.257 e. The molecule has 0 aliphatic carbocycles. The van der Waals surface area contributed by atoms with Crippen LogP contribution in [0.5, 0.6) is 0 Å². The highest BCUT2D eigenvalue weighted by Gasteiger charge is 2.34. The van der Waals surface area contributed by atoms with Gasteiger partial charge in [-0.15, -0.1) is 0 Å². The first-order valence-corrected chi connectivity index (χ1v) is 9.81. The van der Waals surface area contributed by atoms with E-state index in [4.69, 9.17) is 0 Å². The fourth-order valence-electron chi connectivity index (χ4n) is 4.48. The van der Waals surface area contributed by atoms with Crippen LogP contribution in [0.1, 0.15) is 53.1 Å². The molecule has 1 aliphatic heterocycles. The first-order valence-electron chi connectivity index (χ1n) is 9.81. The zero-order valence-corrected chi connectivity index (χ0v) is 17.4. The molecule has 0 radical (unpaired) electrons. The van der Waals surface area contributed by atoms with Crippen LogP contribution in [-0.4, -0.2) is 61.9 Å². The molecule has 0 N–H and O–H groups in total. The maximum atomic E-state index is 13.1. The third-order valence-corrected chi connectivity index (χ3v) is 5.91. The maximum absolute atomic E-state index is 13.1. The van der Waals surface area contributed by atoms with E-state index in [1.165, 1.54) is 12.0 Å². The van der Waals surface area contributed by atoms with Gasteiger partial charge in [-0.1, -0.05) is 6.92 Å². The number of hydrogen-bond donors (Lipinski definition) is 0. The van der Waals surface area contributed by atoms with Gasteiger partial charge < -0.3 is 4.90 Å². The largest absolute Gasteiger partial charge is 0.341 e. The lowest BCUT2D eigenvalue weighted by molar-refractivity contribution is 0.0587. The molecule has 1 amide bonds. The van der Waals surface area contributed by atoms with Gasteiger partial charge in [0.15, 0.2) is 0 Å². The number of carbonyl (C=O) groups excluding carboxylic acids is 1. The van der Waals surface area contributed by atoms with E-state index in [9.17, 15) is 4.79 Å². The molecule has 0 bridgehead atoms. The van der Waals surface area contributed by atoms with Crippen LogP contribution in [-0.2, 0) is 14.1 Å². The molecule has 7 nitrogen and oxygen atoms in total. The highest BCUT2D eigenvalue weighted by molar-refractivity contribution is 5.96. The topological polar surface area (TPSA) is 59.2 Å². The van der Waals surface area contributed by atoms with Gasteiger partial charge in [-0.2, -0.15) is 10.2 Å². The van der Waals surface area contributed by atoms with Crippen LogP contribution in [0, 0.1) is 19.8 Å². The van der Waals surface area contributed by atoms with Gasteiger partial charge in [0.1, 0.15) is 0 Å². The van der Waals surface area contributed by atoms with Gasteiger partial charge >= 0.3 is 0 Å². The second-order valence-electron chi connectivity index (χ2n) is 7.78. The van der Waals surface area contributed by atoms with E-state index in [1.54, 1.807) is 4.68 Å². The molecule has 0 aromatic carbocycles. The number of piperidine rings is 1. The van der Waals surface area contributed by atoms with Crippen LogP contribution in [0.25, 0.3) is 0 Å². The SMILES string of the molecule is CCN1CCC[C@@H](CN(C)C(=O)c2c(C)nn(C)c2C)[C@@H]1c1cnn(C)c1. The molecule has 1 saturated heterocycles. The lowest BCUT2D eigenvalue weighted by Gasteiger charge is -2.42. The molecule has 3 heterocycles. The summed E-state index contributed by atoms with van der Waals surface area (Å²) < 4.78 is 3.65. The predicted molar refractivity (Wildman–Crippen MR) is 106 cm³/mol. The first-order chi connectivity index (χ1) is 12.8. The highest BCUT2D eigenvalue weighted by Crippen LogP contribution is 2.36. The van der Waals surface area contributed by atoms with Crippen LogP contribution in [0.3, 0.4) is 0 Å². The molecule has 27 heavy (non-hydrogen) atoms. The molecule has 0 spiro atoms. The Morgan fingerprint density at radius 1 is 1.33 bits per heavy atom. The summed E-state index contributed by atoms with van der Waals surface area (Å²) >= 11 is 0. The van der Waals surface area contributed by atoms with Crippen molar-refractivity contribution in [1.82, 2.24) is 29.4 Å². The summed E-state index contributed by atoms with van der Waals surface area (Å²) in [4.78, 5) is 17.5. The number of aromatic nitrogens is 4. The molecule has 1 aliphatic rings. The predicted octanol–water partition coefficient (Wildman–Crippen LogP) is 2.32. The van der Waals surface area contributed by atoms with Gasteiger partial charge in [-0.05, 0) is 45.7 Å². The van der Waals surface area contributed by atoms with Crippen LogP contribution in [0.2, 0.25) is 0 Å². The summed E-state index contributed by atoms with van der Waals surface area (Å²) in [6.07, 6.45) is 6.38. The summed E-state index contributed by atoms with van der Waals surface area (Å²) in [5.74, 6) is 0.464. The van der Waals surface area contributed by atoms with Crippen molar-refractivity contribution >= 4 is 5.91 Å². The van der Waals surface area contributed by atoms with Gasteiger partial charge in [0.2, 0.25) is 0 Å². The molecular formula is C20H32N6O. The molecule has 1 fully saturated rings. The number of aryl methyl sites for hydroxylation is 3. The Kier molecular flexibility index (Phi) is 5.69. The summed E-state index contributed by atoms with van der Waals surface area (Å²) in [6.45, 7) is 8.93. The van der Waals surface area contributed by atoms with Crippen molar-refractivity contribution in [2.24, 2.45) is 20.0 Å². The van der Waals surface area contributed by atoms with Gasteiger partial charge in [-0.3, -0.25) is 19.1 Å². The highest BCUT2D eigenvalue weighted by atomic mass is 16.2.